The first kappa shape index (κ1) is 11.6. The Hall–Kier alpha value is -0.840. The molecule has 1 saturated heterocycles. The van der Waals surface area contributed by atoms with Crippen LogP contribution >= 0.6 is 11.6 Å². The summed E-state index contributed by atoms with van der Waals surface area (Å²) < 4.78 is 5.26. The average Bonchev–Trinajstić information content (AvgIpc) is 2.23. The van der Waals surface area contributed by atoms with Crippen molar-refractivity contribution in [2.75, 3.05) is 13.2 Å². The van der Waals surface area contributed by atoms with E-state index < -0.39 is 5.00 Å². The summed E-state index contributed by atoms with van der Waals surface area (Å²) in [5, 5.41) is 0. The number of hydrogen-bond donors (Lipinski definition) is 1. The van der Waals surface area contributed by atoms with E-state index in [0.717, 1.165) is 5.70 Å². The SMILES string of the molecule is CC1OCCN(C2=CCC(N)(Cl)C=C2)C1=O. The number of nitrogens with zero attached hydrogens (tertiary/aromatic N) is 1. The number of carbonyl (C=O) groups is 1. The third-order valence-corrected chi connectivity index (χ3v) is 3.04. The van der Waals surface area contributed by atoms with Gasteiger partial charge in [0, 0.05) is 18.7 Å². The van der Waals surface area contributed by atoms with Crippen LogP contribution in [0.4, 0.5) is 0 Å². The third-order valence-electron chi connectivity index (χ3n) is 2.76. The highest BCUT2D eigenvalue weighted by Crippen LogP contribution is 2.25. The highest BCUT2D eigenvalue weighted by molar-refractivity contribution is 6.25. The lowest BCUT2D eigenvalue weighted by atomic mass is 10.1. The summed E-state index contributed by atoms with van der Waals surface area (Å²) in [6, 6.07) is 0. The normalized spacial score (nSPS) is 35.2. The van der Waals surface area contributed by atoms with Gasteiger partial charge in [0.2, 0.25) is 0 Å². The van der Waals surface area contributed by atoms with E-state index in [9.17, 15) is 4.79 Å². The topological polar surface area (TPSA) is 55.6 Å². The number of allylic oxidation sites excluding steroid dienone is 1. The van der Waals surface area contributed by atoms with Gasteiger partial charge in [0.1, 0.15) is 11.1 Å². The van der Waals surface area contributed by atoms with Gasteiger partial charge in [-0.3, -0.25) is 4.79 Å². The van der Waals surface area contributed by atoms with E-state index in [1.807, 2.05) is 6.08 Å². The zero-order valence-electron chi connectivity index (χ0n) is 9.15. The lowest BCUT2D eigenvalue weighted by Crippen LogP contribution is -2.46. The standard InChI is InChI=1S/C11H15ClN2O2/c1-8-10(15)14(6-7-16-8)9-2-4-11(12,13)5-3-9/h2-4,8H,5-7,13H2,1H3. The number of morpholine rings is 1. The first-order valence-corrected chi connectivity index (χ1v) is 5.67. The number of hydrogen-bond acceptors (Lipinski definition) is 3. The van der Waals surface area contributed by atoms with Crippen LogP contribution in [0.3, 0.4) is 0 Å². The minimum Gasteiger partial charge on any atom is -0.367 e. The highest BCUT2D eigenvalue weighted by atomic mass is 35.5. The molecule has 2 rings (SSSR count). The average molecular weight is 243 g/mol. The van der Waals surface area contributed by atoms with Crippen LogP contribution in [0.5, 0.6) is 0 Å². The van der Waals surface area contributed by atoms with E-state index in [4.69, 9.17) is 22.1 Å². The number of halogens is 1. The summed E-state index contributed by atoms with van der Waals surface area (Å²) >= 11 is 5.96. The third kappa shape index (κ3) is 2.29. The second kappa shape index (κ2) is 4.20. The predicted molar refractivity (Wildman–Crippen MR) is 61.7 cm³/mol. The van der Waals surface area contributed by atoms with Gasteiger partial charge in [-0.1, -0.05) is 17.7 Å². The molecule has 0 aromatic carbocycles. The van der Waals surface area contributed by atoms with Crippen molar-refractivity contribution in [3.05, 3.63) is 23.9 Å². The Bertz CT molecular complexity index is 363. The first-order valence-electron chi connectivity index (χ1n) is 5.30. The molecule has 1 fully saturated rings. The van der Waals surface area contributed by atoms with Crippen LogP contribution in [0, 0.1) is 0 Å². The molecule has 1 aliphatic heterocycles. The molecule has 2 atom stereocenters. The number of rotatable bonds is 1. The molecular weight excluding hydrogens is 228 g/mol. The minimum absolute atomic E-state index is 0.0127. The Morgan fingerprint density at radius 1 is 1.69 bits per heavy atom. The smallest absolute Gasteiger partial charge is 0.255 e. The van der Waals surface area contributed by atoms with Gasteiger partial charge in [-0.25, -0.2) is 0 Å². The Morgan fingerprint density at radius 2 is 2.44 bits per heavy atom. The van der Waals surface area contributed by atoms with E-state index >= 15 is 0 Å². The van der Waals surface area contributed by atoms with Crippen molar-refractivity contribution in [2.45, 2.75) is 24.4 Å². The number of nitrogens with two attached hydrogens (primary N) is 1. The molecule has 1 amide bonds. The Labute approximate surface area is 99.7 Å². The molecule has 4 nitrogen and oxygen atoms in total. The summed E-state index contributed by atoms with van der Waals surface area (Å²) in [5.74, 6) is -0.0127. The Balaban J connectivity index is 2.12. The van der Waals surface area contributed by atoms with Gasteiger partial charge in [-0.15, -0.1) is 0 Å². The van der Waals surface area contributed by atoms with Gasteiger partial charge in [-0.05, 0) is 19.1 Å². The highest BCUT2D eigenvalue weighted by Gasteiger charge is 2.29. The van der Waals surface area contributed by atoms with Gasteiger partial charge >= 0.3 is 0 Å². The van der Waals surface area contributed by atoms with Crippen molar-refractivity contribution in [3.63, 3.8) is 0 Å². The largest absolute Gasteiger partial charge is 0.367 e. The van der Waals surface area contributed by atoms with Gasteiger partial charge in [-0.2, -0.15) is 0 Å². The fourth-order valence-corrected chi connectivity index (χ4v) is 1.94. The Kier molecular flexibility index (Phi) is 3.06. The van der Waals surface area contributed by atoms with Crippen LogP contribution in [0.2, 0.25) is 0 Å². The zero-order chi connectivity index (χ0) is 11.8. The molecule has 0 radical (unpaired) electrons. The van der Waals surface area contributed by atoms with Crippen molar-refractivity contribution < 1.29 is 9.53 Å². The lowest BCUT2D eigenvalue weighted by molar-refractivity contribution is -0.148. The quantitative estimate of drug-likeness (QED) is 0.551. The molecule has 5 heteroatoms. The van der Waals surface area contributed by atoms with E-state index in [0.29, 0.717) is 19.6 Å². The van der Waals surface area contributed by atoms with Crippen LogP contribution in [0.1, 0.15) is 13.3 Å². The zero-order valence-corrected chi connectivity index (χ0v) is 9.91. The van der Waals surface area contributed by atoms with Crippen LogP contribution in [0.25, 0.3) is 0 Å². The summed E-state index contributed by atoms with van der Waals surface area (Å²) in [6.45, 7) is 2.91. The summed E-state index contributed by atoms with van der Waals surface area (Å²) in [5.41, 5.74) is 6.60. The van der Waals surface area contributed by atoms with Gasteiger partial charge in [0.25, 0.3) is 5.91 Å². The van der Waals surface area contributed by atoms with Gasteiger partial charge in [0.05, 0.1) is 6.61 Å². The van der Waals surface area contributed by atoms with Crippen molar-refractivity contribution in [3.8, 4) is 0 Å². The second-order valence-electron chi connectivity index (χ2n) is 4.10. The van der Waals surface area contributed by atoms with E-state index in [1.165, 1.54) is 0 Å². The molecule has 0 spiro atoms. The molecule has 16 heavy (non-hydrogen) atoms. The maximum absolute atomic E-state index is 11.8. The minimum atomic E-state index is -0.815. The maximum atomic E-state index is 11.8. The summed E-state index contributed by atoms with van der Waals surface area (Å²) in [6.07, 6.45) is 5.56. The van der Waals surface area contributed by atoms with Crippen molar-refractivity contribution >= 4 is 17.5 Å². The van der Waals surface area contributed by atoms with E-state index in [2.05, 4.69) is 0 Å². The molecule has 2 N–H and O–H groups in total. The van der Waals surface area contributed by atoms with E-state index in [-0.39, 0.29) is 12.0 Å². The number of ether oxygens (including phenoxy) is 1. The van der Waals surface area contributed by atoms with Crippen molar-refractivity contribution in [1.29, 1.82) is 0 Å². The number of amides is 1. The molecule has 1 aliphatic carbocycles. The Morgan fingerprint density at radius 3 is 3.06 bits per heavy atom. The molecule has 1 heterocycles. The van der Waals surface area contributed by atoms with Crippen molar-refractivity contribution in [1.82, 2.24) is 4.90 Å². The molecule has 0 aromatic rings. The van der Waals surface area contributed by atoms with E-state index in [1.54, 1.807) is 24.0 Å². The maximum Gasteiger partial charge on any atom is 0.255 e. The van der Waals surface area contributed by atoms with Gasteiger partial charge in [0.15, 0.2) is 0 Å². The molecule has 2 aliphatic rings. The van der Waals surface area contributed by atoms with Crippen LogP contribution in [-0.2, 0) is 9.53 Å². The fourth-order valence-electron chi connectivity index (χ4n) is 1.80. The number of alkyl halides is 1. The summed E-state index contributed by atoms with van der Waals surface area (Å²) in [7, 11) is 0. The van der Waals surface area contributed by atoms with Crippen LogP contribution in [-0.4, -0.2) is 35.1 Å². The monoisotopic (exact) mass is 242 g/mol. The molecule has 0 saturated carbocycles. The molecule has 88 valence electrons. The second-order valence-corrected chi connectivity index (χ2v) is 4.80. The fraction of sp³-hybridized carbons (Fsp3) is 0.545. The van der Waals surface area contributed by atoms with Gasteiger partial charge < -0.3 is 15.4 Å². The lowest BCUT2D eigenvalue weighted by Gasteiger charge is -2.33. The summed E-state index contributed by atoms with van der Waals surface area (Å²) in [4.78, 5) is 12.8. The predicted octanol–water partition coefficient (Wildman–Crippen LogP) is 0.971. The molecule has 2 unspecified atom stereocenters. The van der Waals surface area contributed by atoms with Crippen LogP contribution in [0.15, 0.2) is 23.9 Å². The first-order chi connectivity index (χ1) is 7.49. The van der Waals surface area contributed by atoms with Crippen molar-refractivity contribution in [2.24, 2.45) is 5.73 Å². The number of carbonyl (C=O) groups excluding carboxylic acids is 1. The molecule has 0 aromatic heterocycles. The molecular formula is C11H15ClN2O2. The van der Waals surface area contributed by atoms with Crippen LogP contribution < -0.4 is 5.73 Å². The molecule has 0 bridgehead atoms.